The van der Waals surface area contributed by atoms with Crippen molar-refractivity contribution < 1.29 is 19.1 Å². The summed E-state index contributed by atoms with van der Waals surface area (Å²) in [6, 6.07) is 16.4. The smallest absolute Gasteiger partial charge is 0.206 e. The van der Waals surface area contributed by atoms with Gasteiger partial charge in [-0.2, -0.15) is 0 Å². The maximum absolute atomic E-state index is 12.6. The van der Waals surface area contributed by atoms with Gasteiger partial charge < -0.3 is 14.3 Å². The summed E-state index contributed by atoms with van der Waals surface area (Å²) in [7, 11) is 1.61. The van der Waals surface area contributed by atoms with E-state index in [9.17, 15) is 4.79 Å². The van der Waals surface area contributed by atoms with E-state index in [-0.39, 0.29) is 11.7 Å². The Morgan fingerprint density at radius 2 is 1.88 bits per heavy atom. The van der Waals surface area contributed by atoms with Gasteiger partial charge in [-0.1, -0.05) is 41.6 Å². The van der Waals surface area contributed by atoms with E-state index in [1.165, 1.54) is 0 Å². The molecule has 2 aromatic carbocycles. The van der Waals surface area contributed by atoms with Crippen molar-refractivity contribution in [3.8, 4) is 11.5 Å². The Labute approximate surface area is 140 Å². The second-order valence-electron chi connectivity index (χ2n) is 5.59. The van der Waals surface area contributed by atoms with E-state index in [2.05, 4.69) is 5.16 Å². The van der Waals surface area contributed by atoms with Crippen molar-refractivity contribution in [1.82, 2.24) is 0 Å². The van der Waals surface area contributed by atoms with Crippen molar-refractivity contribution in [2.45, 2.75) is 13.0 Å². The highest BCUT2D eigenvalue weighted by molar-refractivity contribution is 6.03. The van der Waals surface area contributed by atoms with Gasteiger partial charge in [0.05, 0.1) is 18.7 Å². The summed E-state index contributed by atoms with van der Waals surface area (Å²) in [4.78, 5) is 18.0. The third kappa shape index (κ3) is 3.40. The molecule has 3 rings (SSSR count). The molecule has 0 aromatic heterocycles. The first-order valence-corrected chi connectivity index (χ1v) is 7.75. The molecule has 2 aromatic rings. The number of ketones is 1. The van der Waals surface area contributed by atoms with E-state index in [4.69, 9.17) is 14.3 Å². The Hall–Kier alpha value is -2.82. The van der Waals surface area contributed by atoms with Crippen LogP contribution < -0.4 is 9.47 Å². The number of hydrogen-bond acceptors (Lipinski definition) is 5. The van der Waals surface area contributed by atoms with Crippen LogP contribution in [0.25, 0.3) is 0 Å². The summed E-state index contributed by atoms with van der Waals surface area (Å²) < 4.78 is 11.0. The molecule has 0 N–H and O–H groups in total. The number of methoxy groups -OCH3 is 1. The number of Topliss-reactive ketones (excluding diaryl/α,β-unsaturated/α-hetero) is 1. The van der Waals surface area contributed by atoms with Gasteiger partial charge in [0.15, 0.2) is 0 Å². The van der Waals surface area contributed by atoms with Crippen molar-refractivity contribution in [3.05, 3.63) is 60.2 Å². The first-order chi connectivity index (χ1) is 11.7. The average molecular weight is 325 g/mol. The lowest BCUT2D eigenvalue weighted by molar-refractivity contribution is 0.0387. The molecule has 1 heterocycles. The Kier molecular flexibility index (Phi) is 4.79. The summed E-state index contributed by atoms with van der Waals surface area (Å²) >= 11 is 0. The lowest BCUT2D eigenvalue weighted by Crippen LogP contribution is -2.34. The number of nitrogens with zero attached hydrogens (tertiary/aromatic N) is 1. The van der Waals surface area contributed by atoms with Crippen LogP contribution in [0, 0.1) is 5.92 Å². The van der Waals surface area contributed by atoms with Crippen molar-refractivity contribution in [1.29, 1.82) is 0 Å². The quantitative estimate of drug-likeness (QED) is 0.764. The van der Waals surface area contributed by atoms with Gasteiger partial charge in [0.2, 0.25) is 11.9 Å². The number of ether oxygens (including phenoxy) is 2. The molecule has 124 valence electrons. The van der Waals surface area contributed by atoms with Crippen molar-refractivity contribution >= 4 is 11.5 Å². The fraction of sp³-hybridized carbons (Fsp3) is 0.263. The van der Waals surface area contributed by atoms with Gasteiger partial charge in [-0.15, -0.1) is 0 Å². The molecular weight excluding hydrogens is 306 g/mol. The number of rotatable bonds is 6. The van der Waals surface area contributed by atoms with Gasteiger partial charge >= 0.3 is 0 Å². The Bertz CT molecular complexity index is 742. The first-order valence-electron chi connectivity index (χ1n) is 7.75. The summed E-state index contributed by atoms with van der Waals surface area (Å²) in [6.45, 7) is 2.16. The molecule has 2 atom stereocenters. The zero-order valence-electron chi connectivity index (χ0n) is 13.6. The van der Waals surface area contributed by atoms with E-state index in [1.807, 2.05) is 43.3 Å². The molecular formula is C19H19NO4. The fourth-order valence-electron chi connectivity index (χ4n) is 2.58. The standard InChI is InChI=1S/C19H19NO4/c1-13-17(12-23-16-10-6-9-15(11-16)22-2)19(24-20-13)18(21)14-7-4-3-5-8-14/h3-11,17,19H,12H2,1-2H3/t17?,19-/m1/s1. The minimum atomic E-state index is -0.655. The molecule has 0 bridgehead atoms. The normalized spacial score (nSPS) is 19.3. The molecule has 5 nitrogen and oxygen atoms in total. The van der Waals surface area contributed by atoms with E-state index in [0.717, 1.165) is 11.5 Å². The van der Waals surface area contributed by atoms with Crippen LogP contribution in [-0.2, 0) is 4.84 Å². The monoisotopic (exact) mass is 325 g/mol. The number of oxime groups is 1. The molecule has 0 saturated heterocycles. The molecule has 0 spiro atoms. The lowest BCUT2D eigenvalue weighted by atomic mass is 9.93. The molecule has 0 amide bonds. The Morgan fingerprint density at radius 1 is 1.12 bits per heavy atom. The average Bonchev–Trinajstić information content (AvgIpc) is 3.01. The summed E-state index contributed by atoms with van der Waals surface area (Å²) in [6.07, 6.45) is -0.655. The zero-order chi connectivity index (χ0) is 16.9. The highest BCUT2D eigenvalue weighted by Crippen LogP contribution is 2.25. The largest absolute Gasteiger partial charge is 0.497 e. The van der Waals surface area contributed by atoms with E-state index in [0.29, 0.717) is 17.9 Å². The second-order valence-corrected chi connectivity index (χ2v) is 5.59. The molecule has 5 heteroatoms. The first kappa shape index (κ1) is 16.1. The molecule has 1 unspecified atom stereocenters. The van der Waals surface area contributed by atoms with Crippen LogP contribution >= 0.6 is 0 Å². The third-order valence-electron chi connectivity index (χ3n) is 4.00. The number of carbonyl (C=O) groups excluding carboxylic acids is 1. The highest BCUT2D eigenvalue weighted by atomic mass is 16.6. The van der Waals surface area contributed by atoms with Crippen LogP contribution in [0.3, 0.4) is 0 Å². The van der Waals surface area contributed by atoms with E-state index < -0.39 is 6.10 Å². The molecule has 1 aliphatic rings. The molecule has 1 aliphatic heterocycles. The number of benzene rings is 2. The van der Waals surface area contributed by atoms with Crippen LogP contribution in [0.2, 0.25) is 0 Å². The molecule has 0 saturated carbocycles. The van der Waals surface area contributed by atoms with Crippen molar-refractivity contribution in [2.24, 2.45) is 11.1 Å². The second kappa shape index (κ2) is 7.17. The van der Waals surface area contributed by atoms with Crippen LogP contribution in [0.15, 0.2) is 59.8 Å². The highest BCUT2D eigenvalue weighted by Gasteiger charge is 2.38. The van der Waals surface area contributed by atoms with Gasteiger partial charge in [-0.25, -0.2) is 0 Å². The Morgan fingerprint density at radius 3 is 2.62 bits per heavy atom. The number of hydrogen-bond donors (Lipinski definition) is 0. The van der Waals surface area contributed by atoms with Gasteiger partial charge in [0.25, 0.3) is 0 Å². The zero-order valence-corrected chi connectivity index (χ0v) is 13.6. The van der Waals surface area contributed by atoms with E-state index >= 15 is 0 Å². The fourth-order valence-corrected chi connectivity index (χ4v) is 2.58. The van der Waals surface area contributed by atoms with Crippen LogP contribution in [-0.4, -0.2) is 31.3 Å². The van der Waals surface area contributed by atoms with Gasteiger partial charge in [0, 0.05) is 11.6 Å². The van der Waals surface area contributed by atoms with Gasteiger partial charge in [0.1, 0.15) is 18.1 Å². The van der Waals surface area contributed by atoms with Crippen LogP contribution in [0.5, 0.6) is 11.5 Å². The molecule has 0 aliphatic carbocycles. The summed E-state index contributed by atoms with van der Waals surface area (Å²) in [5, 5.41) is 3.98. The summed E-state index contributed by atoms with van der Waals surface area (Å²) in [5.74, 6) is 1.09. The predicted octanol–water partition coefficient (Wildman–Crippen LogP) is 3.35. The van der Waals surface area contributed by atoms with E-state index in [1.54, 1.807) is 25.3 Å². The minimum Gasteiger partial charge on any atom is -0.497 e. The van der Waals surface area contributed by atoms with Crippen molar-refractivity contribution in [3.63, 3.8) is 0 Å². The van der Waals surface area contributed by atoms with Crippen LogP contribution in [0.1, 0.15) is 17.3 Å². The summed E-state index contributed by atoms with van der Waals surface area (Å²) in [5.41, 5.74) is 1.37. The SMILES string of the molecule is COc1cccc(OCC2C(C)=NO[C@H]2C(=O)c2ccccc2)c1. The molecule has 0 fully saturated rings. The molecule has 0 radical (unpaired) electrons. The topological polar surface area (TPSA) is 57.1 Å². The lowest BCUT2D eigenvalue weighted by Gasteiger charge is -2.18. The van der Waals surface area contributed by atoms with Gasteiger partial charge in [-0.3, -0.25) is 4.79 Å². The third-order valence-corrected chi connectivity index (χ3v) is 4.00. The van der Waals surface area contributed by atoms with Gasteiger partial charge in [-0.05, 0) is 19.1 Å². The minimum absolute atomic E-state index is 0.0876. The maximum Gasteiger partial charge on any atom is 0.206 e. The predicted molar refractivity (Wildman–Crippen MR) is 90.7 cm³/mol. The maximum atomic E-state index is 12.6. The van der Waals surface area contributed by atoms with Crippen LogP contribution in [0.4, 0.5) is 0 Å². The molecule has 24 heavy (non-hydrogen) atoms. The number of carbonyl (C=O) groups is 1. The van der Waals surface area contributed by atoms with Crippen molar-refractivity contribution in [2.75, 3.05) is 13.7 Å². The Balaban J connectivity index is 1.70.